The minimum Gasteiger partial charge on any atom is -0.209 e. The number of thiol groups is 2. The topological polar surface area (TPSA) is 28.0 Å². The van der Waals surface area contributed by atoms with Crippen molar-refractivity contribution >= 4 is 25.4 Å². The summed E-state index contributed by atoms with van der Waals surface area (Å²) in [5.74, 6) is 0. The summed E-state index contributed by atoms with van der Waals surface area (Å²) in [6.45, 7) is 0.645. The molecule has 5 heteroatoms. The lowest BCUT2D eigenvalue weighted by Crippen LogP contribution is -2.12. The molecule has 0 aliphatic carbocycles. The van der Waals surface area contributed by atoms with Crippen LogP contribution in [0.5, 0.6) is 0 Å². The lowest BCUT2D eigenvalue weighted by Gasteiger charge is -2.05. The predicted octanol–water partition coefficient (Wildman–Crippen LogP) is 0.770. The van der Waals surface area contributed by atoms with Crippen LogP contribution in [-0.4, -0.2) is 16.3 Å². The Morgan fingerprint density at radius 3 is 2.57 bits per heavy atom. The number of nitrogens with zero attached hydrogens (tertiary/aromatic N) is 3. The first-order chi connectivity index (χ1) is 3.30. The highest BCUT2D eigenvalue weighted by Gasteiger charge is 2.12. The van der Waals surface area contributed by atoms with Gasteiger partial charge in [-0.2, -0.15) is 5.11 Å². The van der Waals surface area contributed by atoms with E-state index in [1.54, 1.807) is 0 Å². The molecule has 1 aliphatic rings. The summed E-state index contributed by atoms with van der Waals surface area (Å²) in [6.07, 6.45) is 0. The van der Waals surface area contributed by atoms with Gasteiger partial charge in [0.05, 0.1) is 6.54 Å². The second-order valence-electron chi connectivity index (χ2n) is 1.21. The molecule has 1 rings (SSSR count). The van der Waals surface area contributed by atoms with Gasteiger partial charge < -0.3 is 0 Å². The molecule has 3 nitrogen and oxygen atoms in total. The molecule has 1 heterocycles. The maximum absolute atomic E-state index is 4.05. The van der Waals surface area contributed by atoms with E-state index in [0.717, 1.165) is 0 Å². The largest absolute Gasteiger partial charge is 0.209 e. The second kappa shape index (κ2) is 1.92. The zero-order valence-electron chi connectivity index (χ0n) is 3.52. The van der Waals surface area contributed by atoms with E-state index >= 15 is 0 Å². The summed E-state index contributed by atoms with van der Waals surface area (Å²) in [5.41, 5.74) is 0. The molecule has 1 aliphatic heterocycles. The average molecular weight is 135 g/mol. The SMILES string of the molecule is SC1CN=NN1S. The van der Waals surface area contributed by atoms with Gasteiger partial charge in [0.2, 0.25) is 0 Å². The van der Waals surface area contributed by atoms with Gasteiger partial charge in [-0.25, -0.2) is 4.41 Å². The zero-order valence-corrected chi connectivity index (χ0v) is 5.31. The second-order valence-corrected chi connectivity index (χ2v) is 2.22. The molecule has 0 fully saturated rings. The lowest BCUT2D eigenvalue weighted by atomic mass is 10.7. The van der Waals surface area contributed by atoms with Crippen molar-refractivity contribution in [3.8, 4) is 0 Å². The Balaban J connectivity index is 2.45. The summed E-state index contributed by atoms with van der Waals surface area (Å²) in [7, 11) is 0. The van der Waals surface area contributed by atoms with Crippen LogP contribution in [0.3, 0.4) is 0 Å². The Hall–Kier alpha value is 0.1000. The molecule has 40 valence electrons. The smallest absolute Gasteiger partial charge is 0.124 e. The van der Waals surface area contributed by atoms with Gasteiger partial charge in [-0.15, -0.1) is 12.6 Å². The van der Waals surface area contributed by atoms with Crippen LogP contribution in [-0.2, 0) is 0 Å². The third kappa shape index (κ3) is 1.01. The minimum atomic E-state index is 0.0725. The molecule has 0 N–H and O–H groups in total. The molecule has 1 unspecified atom stereocenters. The van der Waals surface area contributed by atoms with Crippen molar-refractivity contribution in [2.45, 2.75) is 5.37 Å². The minimum absolute atomic E-state index is 0.0725. The highest BCUT2D eigenvalue weighted by atomic mass is 32.1. The number of hydrogen-bond acceptors (Lipinski definition) is 5. The van der Waals surface area contributed by atoms with Gasteiger partial charge in [-0.05, 0) is 12.8 Å². The Bertz CT molecular complexity index is 92.9. The van der Waals surface area contributed by atoms with Crippen molar-refractivity contribution < 1.29 is 0 Å². The molecule has 0 amide bonds. The summed E-state index contributed by atoms with van der Waals surface area (Å²) < 4.78 is 1.42. The normalized spacial score (nSPS) is 29.4. The van der Waals surface area contributed by atoms with Crippen LogP contribution < -0.4 is 0 Å². The summed E-state index contributed by atoms with van der Waals surface area (Å²) in [5, 5.41) is 7.28. The maximum atomic E-state index is 4.05. The van der Waals surface area contributed by atoms with Crippen LogP contribution >= 0.6 is 25.4 Å². The van der Waals surface area contributed by atoms with Crippen molar-refractivity contribution in [3.63, 3.8) is 0 Å². The van der Waals surface area contributed by atoms with Crippen LogP contribution in [0.25, 0.3) is 0 Å². The van der Waals surface area contributed by atoms with Gasteiger partial charge >= 0.3 is 0 Å². The molecule has 1 atom stereocenters. The van der Waals surface area contributed by atoms with Crippen LogP contribution in [0.4, 0.5) is 0 Å². The molecule has 0 bridgehead atoms. The zero-order chi connectivity index (χ0) is 5.28. The summed E-state index contributed by atoms with van der Waals surface area (Å²) in [6, 6.07) is 0. The summed E-state index contributed by atoms with van der Waals surface area (Å²) >= 11 is 7.93. The van der Waals surface area contributed by atoms with Crippen LogP contribution in [0.1, 0.15) is 0 Å². The third-order valence-corrected chi connectivity index (χ3v) is 1.59. The molecular weight excluding hydrogens is 130 g/mol. The first kappa shape index (κ1) is 5.24. The fraction of sp³-hybridized carbons (Fsp3) is 1.00. The quantitative estimate of drug-likeness (QED) is 0.472. The number of rotatable bonds is 0. The van der Waals surface area contributed by atoms with Crippen LogP contribution in [0.2, 0.25) is 0 Å². The molecule has 0 aromatic rings. The van der Waals surface area contributed by atoms with E-state index in [2.05, 4.69) is 35.8 Å². The van der Waals surface area contributed by atoms with Gasteiger partial charge in [0.25, 0.3) is 0 Å². The molecule has 0 radical (unpaired) electrons. The highest BCUT2D eigenvalue weighted by Crippen LogP contribution is 2.14. The van der Waals surface area contributed by atoms with Gasteiger partial charge in [-0.1, -0.05) is 5.22 Å². The third-order valence-electron chi connectivity index (χ3n) is 0.666. The molecule has 0 aromatic heterocycles. The Morgan fingerprint density at radius 1 is 1.71 bits per heavy atom. The van der Waals surface area contributed by atoms with E-state index < -0.39 is 0 Å². The van der Waals surface area contributed by atoms with E-state index in [0.29, 0.717) is 6.54 Å². The van der Waals surface area contributed by atoms with E-state index in [4.69, 9.17) is 0 Å². The highest BCUT2D eigenvalue weighted by molar-refractivity contribution is 7.83. The average Bonchev–Trinajstić information content (AvgIpc) is 1.91. The monoisotopic (exact) mass is 135 g/mol. The maximum Gasteiger partial charge on any atom is 0.124 e. The van der Waals surface area contributed by atoms with Gasteiger partial charge in [-0.3, -0.25) is 0 Å². The lowest BCUT2D eigenvalue weighted by molar-refractivity contribution is 0.537. The standard InChI is InChI=1S/C2H5N3S2/c6-2-1-3-4-5(2)7/h2,6-7H,1H2. The van der Waals surface area contributed by atoms with Crippen molar-refractivity contribution in [2.75, 3.05) is 6.54 Å². The van der Waals surface area contributed by atoms with Crippen molar-refractivity contribution in [1.29, 1.82) is 0 Å². The molecular formula is C2H5N3S2. The molecule has 7 heavy (non-hydrogen) atoms. The first-order valence-corrected chi connectivity index (χ1v) is 2.76. The Labute approximate surface area is 52.7 Å². The Kier molecular flexibility index (Phi) is 1.43. The first-order valence-electron chi connectivity index (χ1n) is 1.84. The molecule has 0 saturated carbocycles. The van der Waals surface area contributed by atoms with Gasteiger partial charge in [0.1, 0.15) is 5.37 Å². The molecule has 0 saturated heterocycles. The predicted molar refractivity (Wildman–Crippen MR) is 33.3 cm³/mol. The fourth-order valence-electron chi connectivity index (χ4n) is 0.307. The summed E-state index contributed by atoms with van der Waals surface area (Å²) in [4.78, 5) is 0. The van der Waals surface area contributed by atoms with E-state index in [9.17, 15) is 0 Å². The van der Waals surface area contributed by atoms with Crippen LogP contribution in [0, 0.1) is 0 Å². The van der Waals surface area contributed by atoms with Crippen molar-refractivity contribution in [1.82, 2.24) is 4.41 Å². The molecule has 0 aromatic carbocycles. The van der Waals surface area contributed by atoms with E-state index in [1.807, 2.05) is 0 Å². The number of hydrogen-bond donors (Lipinski definition) is 2. The molecule has 0 spiro atoms. The van der Waals surface area contributed by atoms with Crippen molar-refractivity contribution in [2.24, 2.45) is 10.3 Å². The van der Waals surface area contributed by atoms with Crippen molar-refractivity contribution in [3.05, 3.63) is 0 Å². The van der Waals surface area contributed by atoms with Crippen LogP contribution in [0.15, 0.2) is 10.3 Å². The fourth-order valence-corrected chi connectivity index (χ4v) is 0.556. The van der Waals surface area contributed by atoms with E-state index in [1.165, 1.54) is 4.41 Å². The van der Waals surface area contributed by atoms with Gasteiger partial charge in [0, 0.05) is 0 Å². The Morgan fingerprint density at radius 2 is 2.43 bits per heavy atom. The van der Waals surface area contributed by atoms with Gasteiger partial charge in [0.15, 0.2) is 0 Å². The van der Waals surface area contributed by atoms with E-state index in [-0.39, 0.29) is 5.37 Å².